The average Bonchev–Trinajstić information content (AvgIpc) is 2.86. The Labute approximate surface area is 228 Å². The molecule has 0 aliphatic rings. The Morgan fingerprint density at radius 1 is 0.800 bits per heavy atom. The predicted molar refractivity (Wildman–Crippen MR) is 140 cm³/mol. The highest BCUT2D eigenvalue weighted by Gasteiger charge is 2.40. The number of esters is 1. The van der Waals surface area contributed by atoms with Crippen LogP contribution in [-0.2, 0) is 33.7 Å². The van der Waals surface area contributed by atoms with Crippen LogP contribution in [0.25, 0.3) is 22.3 Å². The molecule has 0 unspecified atom stereocenters. The van der Waals surface area contributed by atoms with Crippen LogP contribution in [-0.4, -0.2) is 12.6 Å². The largest absolute Gasteiger partial charge is 0.463 e. The first kappa shape index (κ1) is 30.9. The first-order valence-electron chi connectivity index (χ1n) is 12.5. The smallest absolute Gasteiger partial charge is 0.419 e. The van der Waals surface area contributed by atoms with E-state index in [1.807, 2.05) is 45.0 Å². The summed E-state index contributed by atoms with van der Waals surface area (Å²) in [5.74, 6) is -2.22. The van der Waals surface area contributed by atoms with Gasteiger partial charge >= 0.3 is 18.3 Å². The summed E-state index contributed by atoms with van der Waals surface area (Å²) in [6.45, 7) is 9.19. The number of halogens is 7. The Bertz CT molecular complexity index is 1360. The van der Waals surface area contributed by atoms with Crippen molar-refractivity contribution < 1.29 is 40.3 Å². The zero-order valence-electron chi connectivity index (χ0n) is 22.3. The average molecular weight is 567 g/mol. The first-order chi connectivity index (χ1) is 18.5. The molecular formula is C31H29F7O2. The molecule has 3 aromatic carbocycles. The van der Waals surface area contributed by atoms with Gasteiger partial charge in [-0.3, -0.25) is 0 Å². The normalized spacial score (nSPS) is 12.3. The number of alkyl halides is 6. The standard InChI is InChI=1S/C31H29F7O2/c1-5-27(39)40-15-7-6-8-19-9-11-20(12-10-19)23-14-13-21(16-25(23)29(2,3)4)24-17-22(30(33,34)35)18-26(28(24)32)31(36,37)38/h5,9-14,16-18H,1,6-8,15H2,2-4H3. The fourth-order valence-corrected chi connectivity index (χ4v) is 4.30. The quantitative estimate of drug-likeness (QED) is 0.117. The molecule has 3 aromatic rings. The van der Waals surface area contributed by atoms with Crippen LogP contribution in [0.15, 0.2) is 67.3 Å². The summed E-state index contributed by atoms with van der Waals surface area (Å²) < 4.78 is 101. The minimum absolute atomic E-state index is 0.0865. The van der Waals surface area contributed by atoms with Gasteiger partial charge in [-0.25, -0.2) is 9.18 Å². The van der Waals surface area contributed by atoms with Crippen molar-refractivity contribution in [1.82, 2.24) is 0 Å². The molecule has 3 rings (SSSR count). The van der Waals surface area contributed by atoms with E-state index in [-0.39, 0.29) is 11.6 Å². The number of aryl methyl sites for hydroxylation is 1. The van der Waals surface area contributed by atoms with Crippen molar-refractivity contribution >= 4 is 5.97 Å². The van der Waals surface area contributed by atoms with E-state index in [9.17, 15) is 31.1 Å². The molecule has 2 nitrogen and oxygen atoms in total. The Morgan fingerprint density at radius 2 is 1.43 bits per heavy atom. The number of carbonyl (C=O) groups excluding carboxylic acids is 1. The van der Waals surface area contributed by atoms with Crippen molar-refractivity contribution in [3.05, 3.63) is 95.3 Å². The minimum Gasteiger partial charge on any atom is -0.463 e. The van der Waals surface area contributed by atoms with Crippen molar-refractivity contribution in [3.63, 3.8) is 0 Å². The van der Waals surface area contributed by atoms with Crippen molar-refractivity contribution in [1.29, 1.82) is 0 Å². The second-order valence-corrected chi connectivity index (χ2v) is 10.4. The van der Waals surface area contributed by atoms with Crippen LogP contribution in [0.5, 0.6) is 0 Å². The molecule has 214 valence electrons. The van der Waals surface area contributed by atoms with E-state index >= 15 is 4.39 Å². The number of rotatable bonds is 8. The molecule has 0 bridgehead atoms. The molecule has 0 radical (unpaired) electrons. The zero-order valence-corrected chi connectivity index (χ0v) is 22.3. The molecule has 0 heterocycles. The monoisotopic (exact) mass is 566 g/mol. The number of hydrogen-bond acceptors (Lipinski definition) is 2. The van der Waals surface area contributed by atoms with E-state index in [0.717, 1.165) is 35.6 Å². The number of unbranched alkanes of at least 4 members (excludes halogenated alkanes) is 1. The van der Waals surface area contributed by atoms with Crippen LogP contribution in [0.2, 0.25) is 0 Å². The van der Waals surface area contributed by atoms with Gasteiger partial charge in [-0.05, 0) is 70.7 Å². The molecule has 0 saturated carbocycles. The maximum absolute atomic E-state index is 15.0. The lowest BCUT2D eigenvalue weighted by molar-refractivity contribution is -0.144. The summed E-state index contributed by atoms with van der Waals surface area (Å²) in [7, 11) is 0. The molecule has 0 N–H and O–H groups in total. The van der Waals surface area contributed by atoms with Gasteiger partial charge in [0.25, 0.3) is 0 Å². The van der Waals surface area contributed by atoms with Crippen molar-refractivity contribution in [2.24, 2.45) is 0 Å². The predicted octanol–water partition coefficient (Wildman–Crippen LogP) is 9.55. The maximum atomic E-state index is 15.0. The lowest BCUT2D eigenvalue weighted by Gasteiger charge is -2.25. The van der Waals surface area contributed by atoms with Gasteiger partial charge in [-0.1, -0.05) is 63.7 Å². The molecule has 9 heteroatoms. The number of hydrogen-bond donors (Lipinski definition) is 0. The zero-order chi connectivity index (χ0) is 29.9. The van der Waals surface area contributed by atoms with Crippen LogP contribution in [0, 0.1) is 5.82 Å². The molecule has 0 fully saturated rings. The molecule has 0 atom stereocenters. The van der Waals surface area contributed by atoms with Crippen LogP contribution in [0.4, 0.5) is 30.7 Å². The second-order valence-electron chi connectivity index (χ2n) is 10.4. The highest BCUT2D eigenvalue weighted by Crippen LogP contribution is 2.43. The molecule has 0 saturated heterocycles. The fourth-order valence-electron chi connectivity index (χ4n) is 4.30. The third-order valence-corrected chi connectivity index (χ3v) is 6.38. The van der Waals surface area contributed by atoms with Crippen LogP contribution in [0.3, 0.4) is 0 Å². The topological polar surface area (TPSA) is 26.3 Å². The highest BCUT2D eigenvalue weighted by atomic mass is 19.4. The summed E-state index contributed by atoms with van der Waals surface area (Å²) in [6, 6.07) is 12.2. The molecule has 0 aliphatic carbocycles. The van der Waals surface area contributed by atoms with E-state index in [2.05, 4.69) is 6.58 Å². The lowest BCUT2D eigenvalue weighted by Crippen LogP contribution is -2.15. The number of ether oxygens (including phenoxy) is 1. The van der Waals surface area contributed by atoms with Gasteiger partial charge < -0.3 is 4.74 Å². The van der Waals surface area contributed by atoms with E-state index in [1.165, 1.54) is 12.1 Å². The maximum Gasteiger partial charge on any atom is 0.419 e. The van der Waals surface area contributed by atoms with Crippen molar-refractivity contribution in [2.45, 2.75) is 57.8 Å². The third kappa shape index (κ3) is 7.52. The Balaban J connectivity index is 1.97. The van der Waals surface area contributed by atoms with E-state index in [4.69, 9.17) is 4.74 Å². The third-order valence-electron chi connectivity index (χ3n) is 6.38. The van der Waals surface area contributed by atoms with Crippen LogP contribution in [0.1, 0.15) is 55.9 Å². The van der Waals surface area contributed by atoms with Crippen molar-refractivity contribution in [3.8, 4) is 22.3 Å². The Kier molecular flexibility index (Phi) is 9.17. The summed E-state index contributed by atoms with van der Waals surface area (Å²) in [4.78, 5) is 11.1. The minimum atomic E-state index is -5.30. The summed E-state index contributed by atoms with van der Waals surface area (Å²) >= 11 is 0. The first-order valence-corrected chi connectivity index (χ1v) is 12.5. The van der Waals surface area contributed by atoms with Gasteiger partial charge in [0.05, 0.1) is 17.7 Å². The summed E-state index contributed by atoms with van der Waals surface area (Å²) in [6.07, 6.45) is -7.08. The molecule has 0 aliphatic heterocycles. The fraction of sp³-hybridized carbons (Fsp3) is 0.323. The van der Waals surface area contributed by atoms with Gasteiger partial charge in [0.1, 0.15) is 5.82 Å². The van der Waals surface area contributed by atoms with Gasteiger partial charge in [0.2, 0.25) is 0 Å². The SMILES string of the molecule is C=CC(=O)OCCCCc1ccc(-c2ccc(-c3cc(C(F)(F)F)cc(C(F)(F)F)c3F)cc2C(C)(C)C)cc1. The summed E-state index contributed by atoms with van der Waals surface area (Å²) in [5.41, 5.74) is -1.78. The van der Waals surface area contributed by atoms with E-state index in [1.54, 1.807) is 6.07 Å². The van der Waals surface area contributed by atoms with Gasteiger partial charge in [0.15, 0.2) is 0 Å². The molecule has 0 spiro atoms. The molecule has 40 heavy (non-hydrogen) atoms. The molecule has 0 amide bonds. The molecular weight excluding hydrogens is 537 g/mol. The Morgan fingerprint density at radius 3 is 1.98 bits per heavy atom. The second kappa shape index (κ2) is 11.9. The van der Waals surface area contributed by atoms with Crippen molar-refractivity contribution in [2.75, 3.05) is 6.61 Å². The number of benzene rings is 3. The lowest BCUT2D eigenvalue weighted by atomic mass is 9.80. The summed E-state index contributed by atoms with van der Waals surface area (Å²) in [5, 5.41) is 0. The van der Waals surface area contributed by atoms with Gasteiger partial charge in [0, 0.05) is 11.6 Å². The molecule has 0 aromatic heterocycles. The highest BCUT2D eigenvalue weighted by molar-refractivity contribution is 5.81. The Hall–Kier alpha value is -3.62. The number of carbonyl (C=O) groups is 1. The van der Waals surface area contributed by atoms with Crippen LogP contribution < -0.4 is 0 Å². The van der Waals surface area contributed by atoms with Gasteiger partial charge in [-0.2, -0.15) is 26.3 Å². The van der Waals surface area contributed by atoms with E-state index in [0.29, 0.717) is 24.7 Å². The van der Waals surface area contributed by atoms with E-state index < -0.39 is 46.2 Å². The van der Waals surface area contributed by atoms with Crippen LogP contribution >= 0.6 is 0 Å². The van der Waals surface area contributed by atoms with Gasteiger partial charge in [-0.15, -0.1) is 0 Å².